The standard InChI is InChI=1S/C10H10Br2O2/c1-4(2)6-5(3)9(13)7(11)8(12)10(6)14/h13-14H,1H2,2-3H3. The van der Waals surface area contributed by atoms with Gasteiger partial charge in [-0.05, 0) is 51.3 Å². The highest BCUT2D eigenvalue weighted by Crippen LogP contribution is 2.45. The van der Waals surface area contributed by atoms with E-state index in [1.807, 2.05) is 0 Å². The summed E-state index contributed by atoms with van der Waals surface area (Å²) in [5, 5.41) is 19.5. The van der Waals surface area contributed by atoms with E-state index in [4.69, 9.17) is 0 Å². The predicted octanol–water partition coefficient (Wildman–Crippen LogP) is 3.96. The molecule has 1 rings (SSSR count). The molecule has 14 heavy (non-hydrogen) atoms. The first kappa shape index (κ1) is 11.6. The Bertz CT molecular complexity index is 382. The number of benzene rings is 1. The van der Waals surface area contributed by atoms with Gasteiger partial charge in [0.2, 0.25) is 0 Å². The van der Waals surface area contributed by atoms with Gasteiger partial charge in [0, 0.05) is 11.1 Å². The third-order valence-electron chi connectivity index (χ3n) is 2.00. The molecule has 1 aromatic rings. The Hall–Kier alpha value is -0.480. The minimum atomic E-state index is 0.0969. The van der Waals surface area contributed by atoms with Crippen LogP contribution in [0.5, 0.6) is 11.5 Å². The second-order valence-electron chi connectivity index (χ2n) is 3.11. The second kappa shape index (κ2) is 3.95. The first-order chi connectivity index (χ1) is 6.37. The van der Waals surface area contributed by atoms with Crippen LogP contribution in [0.15, 0.2) is 15.5 Å². The van der Waals surface area contributed by atoms with Crippen molar-refractivity contribution in [3.63, 3.8) is 0 Å². The zero-order valence-corrected chi connectivity index (χ0v) is 11.0. The van der Waals surface area contributed by atoms with Crippen LogP contribution < -0.4 is 0 Å². The number of phenolic OH excluding ortho intramolecular Hbond substituents is 2. The molecule has 0 aliphatic heterocycles. The van der Waals surface area contributed by atoms with E-state index in [1.54, 1.807) is 13.8 Å². The van der Waals surface area contributed by atoms with E-state index in [-0.39, 0.29) is 11.5 Å². The molecule has 0 atom stereocenters. The maximum absolute atomic E-state index is 9.81. The molecule has 4 heteroatoms. The van der Waals surface area contributed by atoms with Gasteiger partial charge in [0.25, 0.3) is 0 Å². The van der Waals surface area contributed by atoms with Crippen molar-refractivity contribution in [3.05, 3.63) is 26.7 Å². The van der Waals surface area contributed by atoms with Crippen molar-refractivity contribution in [3.8, 4) is 11.5 Å². The molecule has 0 aliphatic rings. The largest absolute Gasteiger partial charge is 0.506 e. The highest BCUT2D eigenvalue weighted by atomic mass is 79.9. The average Bonchev–Trinajstić information content (AvgIpc) is 2.11. The number of halogens is 2. The predicted molar refractivity (Wildman–Crippen MR) is 64.6 cm³/mol. The number of phenols is 2. The summed E-state index contributed by atoms with van der Waals surface area (Å²) in [6, 6.07) is 0. The van der Waals surface area contributed by atoms with Crippen LogP contribution in [0.2, 0.25) is 0 Å². The van der Waals surface area contributed by atoms with Crippen molar-refractivity contribution in [2.75, 3.05) is 0 Å². The van der Waals surface area contributed by atoms with E-state index in [0.717, 1.165) is 0 Å². The van der Waals surface area contributed by atoms with Gasteiger partial charge in [-0.15, -0.1) is 0 Å². The summed E-state index contributed by atoms with van der Waals surface area (Å²) < 4.78 is 0.899. The summed E-state index contributed by atoms with van der Waals surface area (Å²) in [4.78, 5) is 0. The summed E-state index contributed by atoms with van der Waals surface area (Å²) in [6.07, 6.45) is 0. The molecule has 0 unspecified atom stereocenters. The topological polar surface area (TPSA) is 40.5 Å². The molecule has 0 spiro atoms. The minimum absolute atomic E-state index is 0.0969. The average molecular weight is 322 g/mol. The first-order valence-electron chi connectivity index (χ1n) is 3.93. The van der Waals surface area contributed by atoms with E-state index in [2.05, 4.69) is 38.4 Å². The quantitative estimate of drug-likeness (QED) is 0.768. The fourth-order valence-electron chi connectivity index (χ4n) is 1.30. The van der Waals surface area contributed by atoms with Crippen LogP contribution >= 0.6 is 31.9 Å². The number of allylic oxidation sites excluding steroid dienone is 1. The fraction of sp³-hybridized carbons (Fsp3) is 0.200. The molecule has 76 valence electrons. The molecule has 0 aromatic heterocycles. The number of aromatic hydroxyl groups is 2. The summed E-state index contributed by atoms with van der Waals surface area (Å²) in [7, 11) is 0. The molecule has 0 fully saturated rings. The Morgan fingerprint density at radius 3 is 2.00 bits per heavy atom. The summed E-state index contributed by atoms with van der Waals surface area (Å²) in [6.45, 7) is 7.26. The maximum atomic E-state index is 9.81. The lowest BCUT2D eigenvalue weighted by Crippen LogP contribution is -1.90. The van der Waals surface area contributed by atoms with Gasteiger partial charge in [-0.1, -0.05) is 6.58 Å². The van der Waals surface area contributed by atoms with Crippen LogP contribution in [-0.2, 0) is 0 Å². The number of hydrogen-bond donors (Lipinski definition) is 2. The molecule has 2 N–H and O–H groups in total. The SMILES string of the molecule is C=C(C)c1c(C)c(O)c(Br)c(Br)c1O. The molecule has 0 aliphatic carbocycles. The van der Waals surface area contributed by atoms with Crippen LogP contribution in [0.4, 0.5) is 0 Å². The molecule has 0 bridgehead atoms. The van der Waals surface area contributed by atoms with Gasteiger partial charge in [0.05, 0.1) is 8.95 Å². The monoisotopic (exact) mass is 320 g/mol. The van der Waals surface area contributed by atoms with Crippen molar-refractivity contribution in [2.45, 2.75) is 13.8 Å². The Kier molecular flexibility index (Phi) is 3.27. The van der Waals surface area contributed by atoms with Crippen molar-refractivity contribution in [2.24, 2.45) is 0 Å². The Labute approximate surface area is 99.5 Å². The Balaban J connectivity index is 3.68. The van der Waals surface area contributed by atoms with Gasteiger partial charge >= 0.3 is 0 Å². The Morgan fingerprint density at radius 2 is 1.57 bits per heavy atom. The van der Waals surface area contributed by atoms with Crippen molar-refractivity contribution in [1.82, 2.24) is 0 Å². The zero-order valence-electron chi connectivity index (χ0n) is 7.86. The fourth-order valence-corrected chi connectivity index (χ4v) is 2.17. The highest BCUT2D eigenvalue weighted by Gasteiger charge is 2.18. The number of rotatable bonds is 1. The lowest BCUT2D eigenvalue weighted by atomic mass is 10.0. The maximum Gasteiger partial charge on any atom is 0.138 e. The molecule has 0 saturated carbocycles. The van der Waals surface area contributed by atoms with E-state index in [0.29, 0.717) is 25.6 Å². The summed E-state index contributed by atoms with van der Waals surface area (Å²) >= 11 is 6.36. The van der Waals surface area contributed by atoms with E-state index < -0.39 is 0 Å². The number of hydrogen-bond acceptors (Lipinski definition) is 2. The lowest BCUT2D eigenvalue weighted by Gasteiger charge is -2.13. The molecule has 1 aromatic carbocycles. The molecule has 0 saturated heterocycles. The Morgan fingerprint density at radius 1 is 1.14 bits per heavy atom. The normalized spacial score (nSPS) is 10.3. The van der Waals surface area contributed by atoms with Crippen LogP contribution in [-0.4, -0.2) is 10.2 Å². The summed E-state index contributed by atoms with van der Waals surface area (Å²) in [5.74, 6) is 0.215. The van der Waals surface area contributed by atoms with Gasteiger partial charge in [-0.2, -0.15) is 0 Å². The molecular formula is C10H10Br2O2. The van der Waals surface area contributed by atoms with Gasteiger partial charge in [-0.25, -0.2) is 0 Å². The molecule has 2 nitrogen and oxygen atoms in total. The molecule has 0 amide bonds. The van der Waals surface area contributed by atoms with Gasteiger partial charge in [0.15, 0.2) is 0 Å². The molecule has 0 radical (unpaired) electrons. The van der Waals surface area contributed by atoms with E-state index in [1.165, 1.54) is 0 Å². The second-order valence-corrected chi connectivity index (χ2v) is 4.69. The van der Waals surface area contributed by atoms with Crippen LogP contribution in [0.3, 0.4) is 0 Å². The molecular weight excluding hydrogens is 312 g/mol. The highest BCUT2D eigenvalue weighted by molar-refractivity contribution is 9.13. The third-order valence-corrected chi connectivity index (χ3v) is 4.08. The van der Waals surface area contributed by atoms with Gasteiger partial charge in [-0.3, -0.25) is 0 Å². The van der Waals surface area contributed by atoms with Gasteiger partial charge < -0.3 is 10.2 Å². The third kappa shape index (κ3) is 1.68. The molecule has 0 heterocycles. The lowest BCUT2D eigenvalue weighted by molar-refractivity contribution is 0.449. The zero-order chi connectivity index (χ0) is 11.0. The van der Waals surface area contributed by atoms with E-state index in [9.17, 15) is 10.2 Å². The van der Waals surface area contributed by atoms with Crippen molar-refractivity contribution >= 4 is 37.4 Å². The summed E-state index contributed by atoms with van der Waals surface area (Å²) in [5.41, 5.74) is 1.91. The van der Waals surface area contributed by atoms with Gasteiger partial charge in [0.1, 0.15) is 11.5 Å². The smallest absolute Gasteiger partial charge is 0.138 e. The van der Waals surface area contributed by atoms with Crippen molar-refractivity contribution < 1.29 is 10.2 Å². The van der Waals surface area contributed by atoms with Crippen LogP contribution in [0.25, 0.3) is 5.57 Å². The first-order valence-corrected chi connectivity index (χ1v) is 5.51. The van der Waals surface area contributed by atoms with Crippen molar-refractivity contribution in [1.29, 1.82) is 0 Å². The van der Waals surface area contributed by atoms with E-state index >= 15 is 0 Å². The van der Waals surface area contributed by atoms with Crippen LogP contribution in [0, 0.1) is 6.92 Å². The minimum Gasteiger partial charge on any atom is -0.506 e. The van der Waals surface area contributed by atoms with Crippen LogP contribution in [0.1, 0.15) is 18.1 Å².